The summed E-state index contributed by atoms with van der Waals surface area (Å²) < 4.78 is 12.4. The van der Waals surface area contributed by atoms with Gasteiger partial charge in [0.2, 0.25) is 0 Å². The zero-order chi connectivity index (χ0) is 25.1. The molecule has 1 saturated heterocycles. The van der Waals surface area contributed by atoms with Crippen LogP contribution in [0.3, 0.4) is 0 Å². The van der Waals surface area contributed by atoms with Crippen molar-refractivity contribution in [2.75, 3.05) is 45.3 Å². The van der Waals surface area contributed by atoms with Gasteiger partial charge in [-0.05, 0) is 61.5 Å². The Bertz CT molecular complexity index is 1340. The molecule has 1 aromatic heterocycles. The molecule has 0 N–H and O–H groups in total. The van der Waals surface area contributed by atoms with Crippen LogP contribution in [0.1, 0.15) is 16.1 Å². The molecule has 1 amide bonds. The molecule has 0 saturated carbocycles. The van der Waals surface area contributed by atoms with E-state index in [1.165, 1.54) is 0 Å². The van der Waals surface area contributed by atoms with E-state index in [9.17, 15) is 4.79 Å². The van der Waals surface area contributed by atoms with Crippen molar-refractivity contribution < 1.29 is 14.3 Å². The minimum absolute atomic E-state index is 0.0217. The second kappa shape index (κ2) is 10.2. The number of benzene rings is 3. The number of amides is 1. The van der Waals surface area contributed by atoms with Crippen molar-refractivity contribution in [3.05, 3.63) is 90.1 Å². The fourth-order valence-electron chi connectivity index (χ4n) is 4.46. The molecular formula is C29H30N4O3. The maximum absolute atomic E-state index is 13.8. The summed E-state index contributed by atoms with van der Waals surface area (Å²) >= 11 is 0. The van der Waals surface area contributed by atoms with E-state index >= 15 is 0 Å². The number of aryl methyl sites for hydroxylation is 1. The smallest absolute Gasteiger partial charge is 0.272 e. The van der Waals surface area contributed by atoms with Gasteiger partial charge in [0.05, 0.1) is 25.6 Å². The molecule has 4 aromatic rings. The number of anilines is 1. The van der Waals surface area contributed by atoms with Crippen LogP contribution < -0.4 is 14.4 Å². The van der Waals surface area contributed by atoms with Crippen LogP contribution in [0.25, 0.3) is 16.9 Å². The lowest BCUT2D eigenvalue weighted by atomic mass is 10.1. The van der Waals surface area contributed by atoms with Crippen molar-refractivity contribution in [3.8, 4) is 28.4 Å². The minimum atomic E-state index is -0.0217. The molecule has 7 heteroatoms. The largest absolute Gasteiger partial charge is 0.497 e. The van der Waals surface area contributed by atoms with Crippen molar-refractivity contribution in [1.29, 1.82) is 0 Å². The number of rotatable bonds is 6. The fourth-order valence-corrected chi connectivity index (χ4v) is 4.46. The maximum atomic E-state index is 13.8. The highest BCUT2D eigenvalue weighted by Crippen LogP contribution is 2.27. The lowest BCUT2D eigenvalue weighted by Crippen LogP contribution is -2.49. The van der Waals surface area contributed by atoms with Gasteiger partial charge in [0, 0.05) is 37.4 Å². The molecule has 0 aliphatic carbocycles. The third-order valence-corrected chi connectivity index (χ3v) is 6.58. The van der Waals surface area contributed by atoms with E-state index in [-0.39, 0.29) is 5.91 Å². The molecule has 1 aliphatic heterocycles. The van der Waals surface area contributed by atoms with Gasteiger partial charge >= 0.3 is 0 Å². The van der Waals surface area contributed by atoms with Crippen molar-refractivity contribution in [1.82, 2.24) is 14.7 Å². The predicted octanol–water partition coefficient (Wildman–Crippen LogP) is 4.83. The van der Waals surface area contributed by atoms with Crippen LogP contribution in [0, 0.1) is 6.92 Å². The number of hydrogen-bond donors (Lipinski definition) is 0. The zero-order valence-corrected chi connectivity index (χ0v) is 20.8. The van der Waals surface area contributed by atoms with Crippen LogP contribution in [0.5, 0.6) is 11.5 Å². The van der Waals surface area contributed by atoms with Crippen LogP contribution in [0.2, 0.25) is 0 Å². The van der Waals surface area contributed by atoms with E-state index in [1.807, 2.05) is 78.6 Å². The SMILES string of the molecule is COc1ccc(N2CCN(C(=O)c3cc(-c4cccc(OC)c4)nn3-c3ccc(C)cc3)CC2)cc1. The Hall–Kier alpha value is -4.26. The molecule has 1 fully saturated rings. The Balaban J connectivity index is 1.41. The first-order chi connectivity index (χ1) is 17.6. The summed E-state index contributed by atoms with van der Waals surface area (Å²) in [7, 11) is 3.31. The van der Waals surface area contributed by atoms with Crippen molar-refractivity contribution in [2.24, 2.45) is 0 Å². The van der Waals surface area contributed by atoms with Gasteiger partial charge in [0.15, 0.2) is 0 Å². The summed E-state index contributed by atoms with van der Waals surface area (Å²) in [4.78, 5) is 18.0. The standard InChI is InChI=1S/C29H30N4O3/c1-21-7-9-24(10-8-21)33-28(20-27(30-33)22-5-4-6-26(19-22)36-3)29(34)32-17-15-31(16-18-32)23-11-13-25(35-2)14-12-23/h4-14,19-20H,15-18H2,1-3H3. The second-order valence-corrected chi connectivity index (χ2v) is 8.87. The van der Waals surface area contributed by atoms with Gasteiger partial charge in [0.1, 0.15) is 17.2 Å². The van der Waals surface area contributed by atoms with Gasteiger partial charge in [0.25, 0.3) is 5.91 Å². The Morgan fingerprint density at radius 3 is 2.11 bits per heavy atom. The number of ether oxygens (including phenoxy) is 2. The van der Waals surface area contributed by atoms with E-state index in [1.54, 1.807) is 18.9 Å². The highest BCUT2D eigenvalue weighted by molar-refractivity contribution is 5.94. The van der Waals surface area contributed by atoms with Crippen molar-refractivity contribution >= 4 is 11.6 Å². The van der Waals surface area contributed by atoms with Gasteiger partial charge < -0.3 is 19.3 Å². The average Bonchev–Trinajstić information content (AvgIpc) is 3.39. The third kappa shape index (κ3) is 4.77. The minimum Gasteiger partial charge on any atom is -0.497 e. The number of nitrogens with zero attached hydrogens (tertiary/aromatic N) is 4. The number of methoxy groups -OCH3 is 2. The monoisotopic (exact) mass is 482 g/mol. The van der Waals surface area contributed by atoms with Crippen LogP contribution in [-0.4, -0.2) is 61.0 Å². The second-order valence-electron chi connectivity index (χ2n) is 8.87. The highest BCUT2D eigenvalue weighted by Gasteiger charge is 2.26. The van der Waals surface area contributed by atoms with Gasteiger partial charge in [-0.25, -0.2) is 4.68 Å². The first kappa shape index (κ1) is 23.5. The molecular weight excluding hydrogens is 452 g/mol. The lowest BCUT2D eigenvalue weighted by molar-refractivity contribution is 0.0737. The quantitative estimate of drug-likeness (QED) is 0.394. The summed E-state index contributed by atoms with van der Waals surface area (Å²) in [6.07, 6.45) is 0. The van der Waals surface area contributed by atoms with Gasteiger partial charge in [-0.3, -0.25) is 4.79 Å². The summed E-state index contributed by atoms with van der Waals surface area (Å²) in [6, 6.07) is 25.7. The molecule has 3 aromatic carbocycles. The Morgan fingerprint density at radius 1 is 0.778 bits per heavy atom. The fraction of sp³-hybridized carbons (Fsp3) is 0.241. The molecule has 0 bridgehead atoms. The first-order valence-electron chi connectivity index (χ1n) is 12.1. The summed E-state index contributed by atoms with van der Waals surface area (Å²) in [6.45, 7) is 4.85. The zero-order valence-electron chi connectivity index (χ0n) is 20.8. The summed E-state index contributed by atoms with van der Waals surface area (Å²) in [5.41, 5.74) is 5.33. The molecule has 36 heavy (non-hydrogen) atoms. The van der Waals surface area contributed by atoms with Gasteiger partial charge in [-0.2, -0.15) is 5.10 Å². The molecule has 1 aliphatic rings. The number of hydrogen-bond acceptors (Lipinski definition) is 5. The maximum Gasteiger partial charge on any atom is 0.272 e. The number of piperazine rings is 1. The Kier molecular flexibility index (Phi) is 6.62. The average molecular weight is 483 g/mol. The molecule has 0 spiro atoms. The Labute approximate surface area is 211 Å². The molecule has 7 nitrogen and oxygen atoms in total. The van der Waals surface area contributed by atoms with Gasteiger partial charge in [-0.15, -0.1) is 0 Å². The third-order valence-electron chi connectivity index (χ3n) is 6.58. The van der Waals surface area contributed by atoms with E-state index in [2.05, 4.69) is 17.0 Å². The topological polar surface area (TPSA) is 59.8 Å². The van der Waals surface area contributed by atoms with Gasteiger partial charge in [-0.1, -0.05) is 29.8 Å². The predicted molar refractivity (Wildman–Crippen MR) is 141 cm³/mol. The van der Waals surface area contributed by atoms with Crippen LogP contribution in [-0.2, 0) is 0 Å². The molecule has 2 heterocycles. The summed E-state index contributed by atoms with van der Waals surface area (Å²) in [5.74, 6) is 1.57. The van der Waals surface area contributed by atoms with Crippen molar-refractivity contribution in [2.45, 2.75) is 6.92 Å². The van der Waals surface area contributed by atoms with Crippen LogP contribution >= 0.6 is 0 Å². The Morgan fingerprint density at radius 2 is 1.44 bits per heavy atom. The molecule has 0 unspecified atom stereocenters. The number of carbonyl (C=O) groups excluding carboxylic acids is 1. The van der Waals surface area contributed by atoms with E-state index in [4.69, 9.17) is 14.6 Å². The van der Waals surface area contributed by atoms with Crippen molar-refractivity contribution in [3.63, 3.8) is 0 Å². The highest BCUT2D eigenvalue weighted by atomic mass is 16.5. The first-order valence-corrected chi connectivity index (χ1v) is 12.1. The normalized spacial score (nSPS) is 13.5. The number of carbonyl (C=O) groups is 1. The lowest BCUT2D eigenvalue weighted by Gasteiger charge is -2.36. The molecule has 184 valence electrons. The van der Waals surface area contributed by atoms with E-state index in [0.29, 0.717) is 18.8 Å². The molecule has 0 radical (unpaired) electrons. The summed E-state index contributed by atoms with van der Waals surface area (Å²) in [5, 5.41) is 4.84. The number of aromatic nitrogens is 2. The van der Waals surface area contributed by atoms with Crippen LogP contribution in [0.4, 0.5) is 5.69 Å². The van der Waals surface area contributed by atoms with E-state index < -0.39 is 0 Å². The van der Waals surface area contributed by atoms with E-state index in [0.717, 1.165) is 52.8 Å². The molecule has 5 rings (SSSR count). The van der Waals surface area contributed by atoms with Crippen LogP contribution in [0.15, 0.2) is 78.9 Å². The molecule has 0 atom stereocenters.